The molecule has 1 amide bonds. The van der Waals surface area contributed by atoms with Gasteiger partial charge >= 0.3 is 5.51 Å². The van der Waals surface area contributed by atoms with Crippen molar-refractivity contribution in [2.24, 2.45) is 0 Å². The number of nitrogens with one attached hydrogen (secondary N) is 3. The number of nitrogens with zero attached hydrogens (tertiary/aromatic N) is 1. The number of aromatic amines is 1. The van der Waals surface area contributed by atoms with Crippen LogP contribution in [0.2, 0.25) is 0 Å². The van der Waals surface area contributed by atoms with Gasteiger partial charge in [0.1, 0.15) is 0 Å². The number of hydroxylamine groups is 1. The highest BCUT2D eigenvalue weighted by Gasteiger charge is 2.30. The van der Waals surface area contributed by atoms with Crippen molar-refractivity contribution in [2.45, 2.75) is 30.8 Å². The van der Waals surface area contributed by atoms with Gasteiger partial charge in [0.2, 0.25) is 0 Å². The zero-order chi connectivity index (χ0) is 24.8. The average Bonchev–Trinajstić information content (AvgIpc) is 3.45. The number of aromatic nitrogens is 1. The molecule has 1 aliphatic rings. The van der Waals surface area contributed by atoms with Crippen molar-refractivity contribution in [1.29, 1.82) is 0 Å². The summed E-state index contributed by atoms with van der Waals surface area (Å²) < 4.78 is 40.2. The van der Waals surface area contributed by atoms with Crippen LogP contribution in [0.5, 0.6) is 0 Å². The second kappa shape index (κ2) is 11.3. The number of H-pyrrole nitrogens is 1. The Morgan fingerprint density at radius 1 is 1.23 bits per heavy atom. The number of halogens is 3. The SMILES string of the molecule is O=C(/C=C/c1ccc2c(c1)CCC2N(CCNSC(F)(F)F)CCc1c[nH]c2ccccc12)NO. The minimum absolute atomic E-state index is 0.103. The van der Waals surface area contributed by atoms with Crippen molar-refractivity contribution in [1.82, 2.24) is 20.1 Å². The fourth-order valence-electron chi connectivity index (χ4n) is 4.66. The molecule has 4 N–H and O–H groups in total. The predicted octanol–water partition coefficient (Wildman–Crippen LogP) is 4.98. The minimum Gasteiger partial charge on any atom is -0.361 e. The molecule has 35 heavy (non-hydrogen) atoms. The number of carbonyl (C=O) groups is 1. The number of aryl methyl sites for hydroxylation is 1. The summed E-state index contributed by atoms with van der Waals surface area (Å²) >= 11 is -0.207. The molecule has 0 saturated carbocycles. The van der Waals surface area contributed by atoms with Crippen LogP contribution in [0.3, 0.4) is 0 Å². The first-order chi connectivity index (χ1) is 16.8. The Kier molecular flexibility index (Phi) is 8.17. The van der Waals surface area contributed by atoms with Gasteiger partial charge in [-0.15, -0.1) is 0 Å². The number of carbonyl (C=O) groups excluding carboxylic acids is 1. The van der Waals surface area contributed by atoms with Crippen LogP contribution in [-0.4, -0.2) is 46.1 Å². The van der Waals surface area contributed by atoms with E-state index in [0.717, 1.165) is 46.9 Å². The summed E-state index contributed by atoms with van der Waals surface area (Å²) in [7, 11) is 0. The van der Waals surface area contributed by atoms with E-state index in [1.54, 1.807) is 11.6 Å². The van der Waals surface area contributed by atoms with E-state index in [4.69, 9.17) is 5.21 Å². The van der Waals surface area contributed by atoms with Crippen molar-refractivity contribution in [3.8, 4) is 0 Å². The predicted molar refractivity (Wildman–Crippen MR) is 132 cm³/mol. The van der Waals surface area contributed by atoms with Gasteiger partial charge in [-0.3, -0.25) is 19.6 Å². The zero-order valence-electron chi connectivity index (χ0n) is 18.9. The van der Waals surface area contributed by atoms with Gasteiger partial charge in [-0.2, -0.15) is 13.2 Å². The van der Waals surface area contributed by atoms with Gasteiger partial charge in [0.15, 0.2) is 0 Å². The van der Waals surface area contributed by atoms with Crippen LogP contribution < -0.4 is 10.2 Å². The lowest BCUT2D eigenvalue weighted by molar-refractivity contribution is -0.124. The second-order valence-corrected chi connectivity index (χ2v) is 9.37. The number of rotatable bonds is 10. The number of hydrogen-bond acceptors (Lipinski definition) is 5. The van der Waals surface area contributed by atoms with Gasteiger partial charge in [-0.25, -0.2) is 5.48 Å². The molecular formula is C25H27F3N4O2S. The van der Waals surface area contributed by atoms with E-state index in [2.05, 4.69) is 20.7 Å². The van der Waals surface area contributed by atoms with Crippen LogP contribution in [0.1, 0.15) is 34.7 Å². The maximum absolute atomic E-state index is 12.6. The Labute approximate surface area is 205 Å². The summed E-state index contributed by atoms with van der Waals surface area (Å²) in [5.41, 5.74) is 2.68. The molecule has 2 aromatic carbocycles. The molecule has 186 valence electrons. The van der Waals surface area contributed by atoms with Gasteiger partial charge in [-0.1, -0.05) is 36.4 Å². The standard InChI is InChI=1S/C25H27F3N4O2S/c26-25(27,28)35-30-12-14-32(13-11-19-16-29-22-4-2-1-3-20(19)22)23-9-7-18-15-17(5-8-21(18)23)6-10-24(33)31-34/h1-6,8,10,15-16,23,29-30,34H,7,9,11-14H2,(H,31,33)/b10-6+. The van der Waals surface area contributed by atoms with Crippen LogP contribution in [0.15, 0.2) is 54.7 Å². The number of alkyl halides is 3. The molecule has 1 aliphatic carbocycles. The molecule has 0 fully saturated rings. The Bertz CT molecular complexity index is 1190. The number of amides is 1. The van der Waals surface area contributed by atoms with Crippen molar-refractivity contribution in [3.63, 3.8) is 0 Å². The third-order valence-corrected chi connectivity index (χ3v) is 6.80. The fraction of sp³-hybridized carbons (Fsp3) is 0.320. The molecule has 0 saturated heterocycles. The van der Waals surface area contributed by atoms with E-state index in [0.29, 0.717) is 13.1 Å². The minimum atomic E-state index is -4.31. The summed E-state index contributed by atoms with van der Waals surface area (Å²) in [6.07, 6.45) is 7.39. The molecule has 6 nitrogen and oxygen atoms in total. The first-order valence-corrected chi connectivity index (χ1v) is 12.2. The highest BCUT2D eigenvalue weighted by atomic mass is 32.2. The third kappa shape index (κ3) is 6.66. The van der Waals surface area contributed by atoms with Gasteiger partial charge in [0.25, 0.3) is 5.91 Å². The Balaban J connectivity index is 1.49. The molecular weight excluding hydrogens is 477 g/mol. The van der Waals surface area contributed by atoms with Crippen molar-refractivity contribution in [3.05, 3.63) is 77.0 Å². The van der Waals surface area contributed by atoms with Gasteiger partial charge in [0, 0.05) is 60.8 Å². The summed E-state index contributed by atoms with van der Waals surface area (Å²) in [5, 5.41) is 9.81. The summed E-state index contributed by atoms with van der Waals surface area (Å²) in [6.45, 7) is 1.40. The molecule has 1 heterocycles. The van der Waals surface area contributed by atoms with E-state index in [-0.39, 0.29) is 24.5 Å². The molecule has 3 aromatic rings. The highest BCUT2D eigenvalue weighted by Crippen LogP contribution is 2.37. The Morgan fingerprint density at radius 2 is 2.06 bits per heavy atom. The number of para-hydroxylation sites is 1. The molecule has 10 heteroatoms. The lowest BCUT2D eigenvalue weighted by Crippen LogP contribution is -2.35. The molecule has 0 spiro atoms. The average molecular weight is 505 g/mol. The molecule has 1 atom stereocenters. The first-order valence-electron chi connectivity index (χ1n) is 11.4. The maximum Gasteiger partial charge on any atom is 0.456 e. The Hall–Kier alpha value is -2.79. The van der Waals surface area contributed by atoms with Crippen LogP contribution in [0, 0.1) is 0 Å². The van der Waals surface area contributed by atoms with Crippen molar-refractivity contribution < 1.29 is 23.2 Å². The van der Waals surface area contributed by atoms with Gasteiger partial charge in [-0.05, 0) is 53.7 Å². The molecule has 4 rings (SSSR count). The van der Waals surface area contributed by atoms with E-state index >= 15 is 0 Å². The van der Waals surface area contributed by atoms with E-state index in [9.17, 15) is 18.0 Å². The van der Waals surface area contributed by atoms with Crippen LogP contribution in [0.4, 0.5) is 13.2 Å². The molecule has 1 aromatic heterocycles. The van der Waals surface area contributed by atoms with Gasteiger partial charge < -0.3 is 4.98 Å². The third-order valence-electron chi connectivity index (χ3n) is 6.22. The lowest BCUT2D eigenvalue weighted by atomic mass is 10.0. The smallest absolute Gasteiger partial charge is 0.361 e. The molecule has 0 bridgehead atoms. The van der Waals surface area contributed by atoms with Crippen LogP contribution in [-0.2, 0) is 17.6 Å². The number of hydrogen-bond donors (Lipinski definition) is 4. The number of fused-ring (bicyclic) bond motifs is 2. The van der Waals surface area contributed by atoms with Crippen LogP contribution in [0.25, 0.3) is 17.0 Å². The molecule has 1 unspecified atom stereocenters. The molecule has 0 radical (unpaired) electrons. The van der Waals surface area contributed by atoms with Crippen molar-refractivity contribution >= 4 is 34.8 Å². The summed E-state index contributed by atoms with van der Waals surface area (Å²) in [5.74, 6) is -0.601. The summed E-state index contributed by atoms with van der Waals surface area (Å²) in [4.78, 5) is 16.8. The van der Waals surface area contributed by atoms with E-state index in [1.165, 1.54) is 11.6 Å². The first kappa shape index (κ1) is 25.3. The van der Waals surface area contributed by atoms with E-state index < -0.39 is 11.4 Å². The van der Waals surface area contributed by atoms with E-state index in [1.807, 2.05) is 42.6 Å². The van der Waals surface area contributed by atoms with Gasteiger partial charge in [0.05, 0.1) is 0 Å². The summed E-state index contributed by atoms with van der Waals surface area (Å²) in [6, 6.07) is 14.1. The topological polar surface area (TPSA) is 80.4 Å². The number of benzene rings is 2. The second-order valence-electron chi connectivity index (χ2n) is 8.41. The Morgan fingerprint density at radius 3 is 2.86 bits per heavy atom. The van der Waals surface area contributed by atoms with Crippen LogP contribution >= 0.6 is 11.9 Å². The fourth-order valence-corrected chi connectivity index (χ4v) is 5.01. The monoisotopic (exact) mass is 504 g/mol. The zero-order valence-corrected chi connectivity index (χ0v) is 19.8. The normalized spacial score (nSPS) is 15.9. The van der Waals surface area contributed by atoms with Crippen molar-refractivity contribution in [2.75, 3.05) is 19.6 Å². The highest BCUT2D eigenvalue weighted by molar-refractivity contribution is 7.98. The molecule has 0 aliphatic heterocycles. The quantitative estimate of drug-likeness (QED) is 0.103. The lowest BCUT2D eigenvalue weighted by Gasteiger charge is -2.30. The largest absolute Gasteiger partial charge is 0.456 e. The maximum atomic E-state index is 12.6.